The standard InChI is InChI=1S/C14H19N2/c1-2-8-15-9-11-16(12-10-15)13-14-6-4-3-5-7-14/h2-8H,1,9-13H2. The zero-order valence-electron chi connectivity index (χ0n) is 9.68. The number of hydrogen-bond acceptors (Lipinski definition) is 2. The molecular weight excluding hydrogens is 196 g/mol. The van der Waals surface area contributed by atoms with Crippen LogP contribution in [0.15, 0.2) is 43.0 Å². The van der Waals surface area contributed by atoms with Gasteiger partial charge in [0.2, 0.25) is 0 Å². The average Bonchev–Trinajstić information content (AvgIpc) is 2.33. The highest BCUT2D eigenvalue weighted by Crippen LogP contribution is 2.09. The van der Waals surface area contributed by atoms with Gasteiger partial charge in [-0.25, -0.2) is 0 Å². The van der Waals surface area contributed by atoms with Gasteiger partial charge in [0, 0.05) is 39.3 Å². The van der Waals surface area contributed by atoms with Crippen molar-refractivity contribution in [3.05, 3.63) is 55.1 Å². The van der Waals surface area contributed by atoms with E-state index in [4.69, 9.17) is 0 Å². The Bertz CT molecular complexity index is 313. The lowest BCUT2D eigenvalue weighted by Crippen LogP contribution is -2.44. The van der Waals surface area contributed by atoms with Crippen molar-refractivity contribution in [3.8, 4) is 0 Å². The predicted octanol–water partition coefficient (Wildman–Crippen LogP) is 2.15. The molecule has 0 bridgehead atoms. The lowest BCUT2D eigenvalue weighted by molar-refractivity contribution is 0.153. The third-order valence-corrected chi connectivity index (χ3v) is 2.97. The minimum absolute atomic E-state index is 1.07. The highest BCUT2D eigenvalue weighted by molar-refractivity contribution is 5.14. The summed E-state index contributed by atoms with van der Waals surface area (Å²) >= 11 is 0. The van der Waals surface area contributed by atoms with Crippen LogP contribution in [0.5, 0.6) is 0 Å². The fraction of sp³-hybridized carbons (Fsp3) is 0.357. The molecule has 0 aromatic heterocycles. The van der Waals surface area contributed by atoms with E-state index in [2.05, 4.69) is 53.3 Å². The molecule has 1 saturated heterocycles. The molecule has 85 valence electrons. The highest BCUT2D eigenvalue weighted by atomic mass is 15.3. The Morgan fingerprint density at radius 2 is 1.75 bits per heavy atom. The van der Waals surface area contributed by atoms with Gasteiger partial charge in [-0.2, -0.15) is 0 Å². The van der Waals surface area contributed by atoms with Crippen LogP contribution in [0.2, 0.25) is 0 Å². The first-order valence-corrected chi connectivity index (χ1v) is 5.85. The smallest absolute Gasteiger partial charge is 0.0468 e. The second-order valence-corrected chi connectivity index (χ2v) is 4.18. The molecule has 1 radical (unpaired) electrons. The SMILES string of the molecule is C=C[CH]N1CCN(Cc2ccccc2)CC1. The summed E-state index contributed by atoms with van der Waals surface area (Å²) in [6.07, 6.45) is 1.87. The summed E-state index contributed by atoms with van der Waals surface area (Å²) in [5.41, 5.74) is 1.41. The van der Waals surface area contributed by atoms with Crippen molar-refractivity contribution >= 4 is 0 Å². The topological polar surface area (TPSA) is 6.48 Å². The summed E-state index contributed by atoms with van der Waals surface area (Å²) < 4.78 is 0. The number of benzene rings is 1. The van der Waals surface area contributed by atoms with Gasteiger partial charge in [-0.05, 0) is 5.56 Å². The summed E-state index contributed by atoms with van der Waals surface area (Å²) in [6, 6.07) is 10.7. The maximum atomic E-state index is 3.73. The molecule has 1 fully saturated rings. The maximum Gasteiger partial charge on any atom is 0.0468 e. The van der Waals surface area contributed by atoms with Crippen LogP contribution in [0.1, 0.15) is 5.56 Å². The first-order chi connectivity index (χ1) is 7.88. The second kappa shape index (κ2) is 5.83. The van der Waals surface area contributed by atoms with E-state index in [9.17, 15) is 0 Å². The molecule has 0 amide bonds. The molecule has 0 unspecified atom stereocenters. The Labute approximate surface area is 98.2 Å². The van der Waals surface area contributed by atoms with Crippen LogP contribution >= 0.6 is 0 Å². The van der Waals surface area contributed by atoms with Crippen molar-refractivity contribution in [1.29, 1.82) is 0 Å². The molecule has 2 rings (SSSR count). The molecule has 0 atom stereocenters. The van der Waals surface area contributed by atoms with Crippen molar-refractivity contribution in [2.75, 3.05) is 26.2 Å². The van der Waals surface area contributed by atoms with E-state index in [-0.39, 0.29) is 0 Å². The van der Waals surface area contributed by atoms with Gasteiger partial charge in [-0.1, -0.05) is 36.4 Å². The monoisotopic (exact) mass is 215 g/mol. The average molecular weight is 215 g/mol. The quantitative estimate of drug-likeness (QED) is 0.759. The molecule has 2 heteroatoms. The van der Waals surface area contributed by atoms with Gasteiger partial charge in [0.15, 0.2) is 0 Å². The molecule has 1 aliphatic heterocycles. The summed E-state index contributed by atoms with van der Waals surface area (Å²) in [6.45, 7) is 11.4. The molecule has 1 heterocycles. The first kappa shape index (κ1) is 11.4. The summed E-state index contributed by atoms with van der Waals surface area (Å²) in [5, 5.41) is 0. The molecule has 0 N–H and O–H groups in total. The summed E-state index contributed by atoms with van der Waals surface area (Å²) in [5.74, 6) is 0. The van der Waals surface area contributed by atoms with Gasteiger partial charge in [-0.3, -0.25) is 9.80 Å². The third kappa shape index (κ3) is 3.19. The van der Waals surface area contributed by atoms with Gasteiger partial charge < -0.3 is 0 Å². The lowest BCUT2D eigenvalue weighted by atomic mass is 10.2. The molecule has 1 aliphatic rings. The third-order valence-electron chi connectivity index (χ3n) is 2.97. The summed E-state index contributed by atoms with van der Waals surface area (Å²) in [7, 11) is 0. The molecule has 2 nitrogen and oxygen atoms in total. The largest absolute Gasteiger partial charge is 0.297 e. The van der Waals surface area contributed by atoms with E-state index < -0.39 is 0 Å². The van der Waals surface area contributed by atoms with E-state index in [0.29, 0.717) is 0 Å². The molecule has 16 heavy (non-hydrogen) atoms. The normalized spacial score (nSPS) is 18.5. The molecule has 0 saturated carbocycles. The van der Waals surface area contributed by atoms with Crippen molar-refractivity contribution < 1.29 is 0 Å². The van der Waals surface area contributed by atoms with Crippen LogP contribution in [0.25, 0.3) is 0 Å². The zero-order chi connectivity index (χ0) is 11.2. The Hall–Kier alpha value is -1.12. The van der Waals surface area contributed by atoms with Crippen molar-refractivity contribution in [3.63, 3.8) is 0 Å². The first-order valence-electron chi connectivity index (χ1n) is 5.85. The van der Waals surface area contributed by atoms with Crippen molar-refractivity contribution in [2.45, 2.75) is 6.54 Å². The van der Waals surface area contributed by atoms with E-state index in [1.165, 1.54) is 5.56 Å². The fourth-order valence-corrected chi connectivity index (χ4v) is 2.06. The maximum absolute atomic E-state index is 3.73. The van der Waals surface area contributed by atoms with Crippen LogP contribution in [0.4, 0.5) is 0 Å². The van der Waals surface area contributed by atoms with Gasteiger partial charge in [-0.15, -0.1) is 6.58 Å². The van der Waals surface area contributed by atoms with E-state index >= 15 is 0 Å². The number of piperazine rings is 1. The predicted molar refractivity (Wildman–Crippen MR) is 67.8 cm³/mol. The fourth-order valence-electron chi connectivity index (χ4n) is 2.06. The lowest BCUT2D eigenvalue weighted by Gasteiger charge is -2.33. The van der Waals surface area contributed by atoms with Gasteiger partial charge in [0.1, 0.15) is 0 Å². The molecule has 1 aromatic carbocycles. The van der Waals surface area contributed by atoms with Gasteiger partial charge in [0.05, 0.1) is 0 Å². The second-order valence-electron chi connectivity index (χ2n) is 4.18. The molecule has 0 spiro atoms. The Kier molecular flexibility index (Phi) is 4.14. The van der Waals surface area contributed by atoms with Crippen LogP contribution in [-0.2, 0) is 6.54 Å². The minimum Gasteiger partial charge on any atom is -0.297 e. The van der Waals surface area contributed by atoms with Crippen molar-refractivity contribution in [2.24, 2.45) is 0 Å². The Morgan fingerprint density at radius 3 is 2.38 bits per heavy atom. The van der Waals surface area contributed by atoms with Gasteiger partial charge in [0.25, 0.3) is 0 Å². The summed E-state index contributed by atoms with van der Waals surface area (Å²) in [4.78, 5) is 4.83. The number of rotatable bonds is 4. The van der Waals surface area contributed by atoms with E-state index in [1.54, 1.807) is 0 Å². The minimum atomic E-state index is 1.07. The van der Waals surface area contributed by atoms with Crippen LogP contribution in [0.3, 0.4) is 0 Å². The van der Waals surface area contributed by atoms with E-state index in [0.717, 1.165) is 32.7 Å². The molecule has 1 aromatic rings. The van der Waals surface area contributed by atoms with Crippen molar-refractivity contribution in [1.82, 2.24) is 9.80 Å². The van der Waals surface area contributed by atoms with Gasteiger partial charge >= 0.3 is 0 Å². The zero-order valence-corrected chi connectivity index (χ0v) is 9.68. The van der Waals surface area contributed by atoms with Crippen LogP contribution in [-0.4, -0.2) is 36.0 Å². The Morgan fingerprint density at radius 1 is 1.06 bits per heavy atom. The molecule has 0 aliphatic carbocycles. The number of nitrogens with zero attached hydrogens (tertiary/aromatic N) is 2. The number of hydrogen-bond donors (Lipinski definition) is 0. The van der Waals surface area contributed by atoms with Crippen LogP contribution in [0, 0.1) is 6.54 Å². The molecular formula is C14H19N2. The van der Waals surface area contributed by atoms with E-state index in [1.807, 2.05) is 6.08 Å². The van der Waals surface area contributed by atoms with Crippen LogP contribution < -0.4 is 0 Å². The Balaban J connectivity index is 1.79. The highest BCUT2D eigenvalue weighted by Gasteiger charge is 2.15.